The summed E-state index contributed by atoms with van der Waals surface area (Å²) < 4.78 is 5.75. The van der Waals surface area contributed by atoms with Crippen LogP contribution in [0.2, 0.25) is 0 Å². The molecule has 1 amide bonds. The lowest BCUT2D eigenvalue weighted by molar-refractivity contribution is -0.384. The van der Waals surface area contributed by atoms with Gasteiger partial charge in [-0.2, -0.15) is 0 Å². The molecule has 0 aliphatic rings. The Balaban J connectivity index is 1.35. The zero-order valence-corrected chi connectivity index (χ0v) is 17.3. The van der Waals surface area contributed by atoms with Crippen LogP contribution in [-0.2, 0) is 4.79 Å². The molecule has 1 heterocycles. The molecule has 0 aliphatic heterocycles. The summed E-state index contributed by atoms with van der Waals surface area (Å²) in [6.45, 7) is 0. The Morgan fingerprint density at radius 1 is 1.06 bits per heavy atom. The zero-order valence-electron chi connectivity index (χ0n) is 16.5. The monoisotopic (exact) mass is 444 g/mol. The van der Waals surface area contributed by atoms with Crippen molar-refractivity contribution >= 4 is 51.8 Å². The van der Waals surface area contributed by atoms with Crippen molar-refractivity contribution in [1.82, 2.24) is 10.3 Å². The highest BCUT2D eigenvalue weighted by molar-refractivity contribution is 7.80. The second-order valence-electron chi connectivity index (χ2n) is 6.69. The SMILES string of the molecule is O=C(/C=C/c1cccc([N+](=O)[O-])c1)NC(=S)Nc1ccc(-c2nc3ccccc3o2)cc1. The maximum atomic E-state index is 12.1. The third kappa shape index (κ3) is 5.02. The fourth-order valence-electron chi connectivity index (χ4n) is 2.92. The number of carbonyl (C=O) groups is 1. The highest BCUT2D eigenvalue weighted by Crippen LogP contribution is 2.25. The van der Waals surface area contributed by atoms with Gasteiger partial charge in [-0.25, -0.2) is 4.98 Å². The number of hydrogen-bond donors (Lipinski definition) is 2. The summed E-state index contributed by atoms with van der Waals surface area (Å²) in [5.41, 5.74) is 3.46. The van der Waals surface area contributed by atoms with Crippen LogP contribution in [0.4, 0.5) is 11.4 Å². The van der Waals surface area contributed by atoms with E-state index in [1.54, 1.807) is 24.3 Å². The van der Waals surface area contributed by atoms with Gasteiger partial charge in [0.15, 0.2) is 10.7 Å². The van der Waals surface area contributed by atoms with Crippen LogP contribution in [0.15, 0.2) is 83.3 Å². The highest BCUT2D eigenvalue weighted by atomic mass is 32.1. The number of nitrogens with zero attached hydrogens (tertiary/aromatic N) is 2. The van der Waals surface area contributed by atoms with Gasteiger partial charge in [-0.3, -0.25) is 20.2 Å². The Morgan fingerprint density at radius 3 is 2.59 bits per heavy atom. The van der Waals surface area contributed by atoms with Crippen molar-refractivity contribution in [2.75, 3.05) is 5.32 Å². The van der Waals surface area contributed by atoms with Gasteiger partial charge >= 0.3 is 0 Å². The van der Waals surface area contributed by atoms with Gasteiger partial charge < -0.3 is 9.73 Å². The van der Waals surface area contributed by atoms with E-state index in [2.05, 4.69) is 15.6 Å². The molecule has 8 nitrogen and oxygen atoms in total. The maximum absolute atomic E-state index is 12.1. The van der Waals surface area contributed by atoms with Crippen molar-refractivity contribution in [1.29, 1.82) is 0 Å². The van der Waals surface area contributed by atoms with E-state index in [1.165, 1.54) is 24.3 Å². The minimum atomic E-state index is -0.494. The van der Waals surface area contributed by atoms with Gasteiger partial charge in [0, 0.05) is 29.5 Å². The second-order valence-corrected chi connectivity index (χ2v) is 7.10. The third-order valence-corrected chi connectivity index (χ3v) is 4.63. The molecule has 158 valence electrons. The molecule has 1 aromatic heterocycles. The minimum absolute atomic E-state index is 0.0500. The van der Waals surface area contributed by atoms with E-state index in [0.717, 1.165) is 11.1 Å². The molecule has 0 spiro atoms. The average Bonchev–Trinajstić information content (AvgIpc) is 3.22. The molecule has 3 aromatic carbocycles. The Bertz CT molecular complexity index is 1310. The topological polar surface area (TPSA) is 110 Å². The van der Waals surface area contributed by atoms with Gasteiger partial charge in [-0.05, 0) is 60.3 Å². The molecule has 0 fully saturated rings. The smallest absolute Gasteiger partial charge is 0.270 e. The van der Waals surface area contributed by atoms with Crippen molar-refractivity contribution in [2.45, 2.75) is 0 Å². The lowest BCUT2D eigenvalue weighted by atomic mass is 10.2. The number of nitro benzene ring substituents is 1. The second kappa shape index (κ2) is 9.19. The minimum Gasteiger partial charge on any atom is -0.436 e. The predicted octanol–water partition coefficient (Wildman–Crippen LogP) is 4.93. The molecule has 4 aromatic rings. The molecule has 0 saturated heterocycles. The number of para-hydroxylation sites is 2. The van der Waals surface area contributed by atoms with Crippen molar-refractivity contribution < 1.29 is 14.1 Å². The molecule has 32 heavy (non-hydrogen) atoms. The molecule has 0 unspecified atom stereocenters. The normalized spacial score (nSPS) is 10.9. The average molecular weight is 444 g/mol. The van der Waals surface area contributed by atoms with Crippen LogP contribution >= 0.6 is 12.2 Å². The summed E-state index contributed by atoms with van der Waals surface area (Å²) in [6, 6.07) is 20.7. The quantitative estimate of drug-likeness (QED) is 0.194. The number of non-ortho nitro benzene ring substituents is 1. The summed E-state index contributed by atoms with van der Waals surface area (Å²) in [5.74, 6) is 0.0528. The first-order valence-electron chi connectivity index (χ1n) is 9.48. The van der Waals surface area contributed by atoms with Crippen LogP contribution < -0.4 is 10.6 Å². The molecule has 0 atom stereocenters. The number of carbonyl (C=O) groups excluding carboxylic acids is 1. The summed E-state index contributed by atoms with van der Waals surface area (Å²) in [7, 11) is 0. The fourth-order valence-corrected chi connectivity index (χ4v) is 3.14. The summed E-state index contributed by atoms with van der Waals surface area (Å²) in [5, 5.41) is 16.4. The van der Waals surface area contributed by atoms with Gasteiger partial charge in [-0.1, -0.05) is 24.3 Å². The summed E-state index contributed by atoms with van der Waals surface area (Å²) in [4.78, 5) is 26.9. The van der Waals surface area contributed by atoms with Crippen molar-refractivity contribution in [3.8, 4) is 11.5 Å². The number of nitrogens with one attached hydrogen (secondary N) is 2. The number of amides is 1. The Kier molecular flexibility index (Phi) is 6.00. The van der Waals surface area contributed by atoms with Crippen LogP contribution in [0.1, 0.15) is 5.56 Å². The molecule has 0 saturated carbocycles. The first-order valence-corrected chi connectivity index (χ1v) is 9.89. The van der Waals surface area contributed by atoms with E-state index in [-0.39, 0.29) is 10.8 Å². The largest absolute Gasteiger partial charge is 0.436 e. The molecule has 2 N–H and O–H groups in total. The fraction of sp³-hybridized carbons (Fsp3) is 0. The van der Waals surface area contributed by atoms with E-state index in [1.807, 2.05) is 36.4 Å². The van der Waals surface area contributed by atoms with Gasteiger partial charge in [0.05, 0.1) is 4.92 Å². The molecule has 0 radical (unpaired) electrons. The molecular weight excluding hydrogens is 428 g/mol. The number of rotatable bonds is 5. The molecule has 9 heteroatoms. The van der Waals surface area contributed by atoms with Gasteiger partial charge in [0.1, 0.15) is 5.52 Å². The van der Waals surface area contributed by atoms with Gasteiger partial charge in [0.2, 0.25) is 11.8 Å². The van der Waals surface area contributed by atoms with E-state index < -0.39 is 10.8 Å². The van der Waals surface area contributed by atoms with Gasteiger partial charge in [-0.15, -0.1) is 0 Å². The molecular formula is C23H16N4O4S. The Labute approximate surface area is 187 Å². The van der Waals surface area contributed by atoms with E-state index >= 15 is 0 Å². The van der Waals surface area contributed by atoms with Crippen LogP contribution in [0.3, 0.4) is 0 Å². The standard InChI is InChI=1S/C23H16N4O4S/c28-21(13-8-15-4-3-5-18(14-15)27(29)30)26-23(32)24-17-11-9-16(10-12-17)22-25-19-6-1-2-7-20(19)31-22/h1-14H,(H2,24,26,28,32)/b13-8+. The summed E-state index contributed by atoms with van der Waals surface area (Å²) >= 11 is 5.17. The molecule has 0 aliphatic carbocycles. The first kappa shape index (κ1) is 20.9. The first-order chi connectivity index (χ1) is 15.5. The molecule has 4 rings (SSSR count). The van der Waals surface area contributed by atoms with E-state index in [0.29, 0.717) is 22.7 Å². The maximum Gasteiger partial charge on any atom is 0.270 e. The van der Waals surface area contributed by atoms with Crippen molar-refractivity contribution in [3.05, 3.63) is 94.6 Å². The predicted molar refractivity (Wildman–Crippen MR) is 126 cm³/mol. The van der Waals surface area contributed by atoms with Crippen LogP contribution in [0.25, 0.3) is 28.6 Å². The molecule has 0 bridgehead atoms. The van der Waals surface area contributed by atoms with Gasteiger partial charge in [0.25, 0.3) is 5.69 Å². The third-order valence-electron chi connectivity index (χ3n) is 4.43. The zero-order chi connectivity index (χ0) is 22.5. The number of hydrogen-bond acceptors (Lipinski definition) is 6. The number of aromatic nitrogens is 1. The number of oxazole rings is 1. The number of fused-ring (bicyclic) bond motifs is 1. The van der Waals surface area contributed by atoms with Crippen LogP contribution in [-0.4, -0.2) is 20.9 Å². The number of thiocarbonyl (C=S) groups is 1. The van der Waals surface area contributed by atoms with Crippen LogP contribution in [0.5, 0.6) is 0 Å². The van der Waals surface area contributed by atoms with Crippen molar-refractivity contribution in [3.63, 3.8) is 0 Å². The van der Waals surface area contributed by atoms with E-state index in [4.69, 9.17) is 16.6 Å². The number of nitro groups is 1. The Hall–Kier alpha value is -4.37. The number of benzene rings is 3. The number of anilines is 1. The lowest BCUT2D eigenvalue weighted by Crippen LogP contribution is -2.32. The van der Waals surface area contributed by atoms with Crippen LogP contribution in [0, 0.1) is 10.1 Å². The highest BCUT2D eigenvalue weighted by Gasteiger charge is 2.08. The Morgan fingerprint density at radius 2 is 1.84 bits per heavy atom. The summed E-state index contributed by atoms with van der Waals surface area (Å²) in [6.07, 6.45) is 2.73. The lowest BCUT2D eigenvalue weighted by Gasteiger charge is -2.08. The van der Waals surface area contributed by atoms with E-state index in [9.17, 15) is 14.9 Å². The van der Waals surface area contributed by atoms with Crippen molar-refractivity contribution in [2.24, 2.45) is 0 Å².